The van der Waals surface area contributed by atoms with Gasteiger partial charge in [-0.05, 0) is 81.5 Å². The minimum absolute atomic E-state index is 0.322. The second kappa shape index (κ2) is 10.4. The fraction of sp³-hybridized carbons (Fsp3) is 0.556. The van der Waals surface area contributed by atoms with Gasteiger partial charge < -0.3 is 19.3 Å². The Morgan fingerprint density at radius 1 is 0.949 bits per heavy atom. The third-order valence-electron chi connectivity index (χ3n) is 8.11. The molecule has 1 saturated carbocycles. The van der Waals surface area contributed by atoms with E-state index in [1.807, 2.05) is 25.1 Å². The Morgan fingerprint density at radius 2 is 1.69 bits per heavy atom. The smallest absolute Gasteiger partial charge is 0.266 e. The topological polar surface area (TPSA) is 138 Å². The van der Waals surface area contributed by atoms with E-state index in [4.69, 9.17) is 14.5 Å². The number of anilines is 3. The normalized spacial score (nSPS) is 18.9. The highest BCUT2D eigenvalue weighted by atomic mass is 32.2. The summed E-state index contributed by atoms with van der Waals surface area (Å²) < 4.78 is 33.4. The summed E-state index contributed by atoms with van der Waals surface area (Å²) >= 11 is 0. The first-order valence-corrected chi connectivity index (χ1v) is 15.4. The zero-order chi connectivity index (χ0) is 27.0. The number of aliphatic hydroxyl groups excluding tert-OH is 1. The van der Waals surface area contributed by atoms with Gasteiger partial charge >= 0.3 is 0 Å². The average molecular weight is 554 g/mol. The van der Waals surface area contributed by atoms with Gasteiger partial charge in [0.15, 0.2) is 0 Å². The highest BCUT2D eigenvalue weighted by Crippen LogP contribution is 2.54. The first-order chi connectivity index (χ1) is 18.8. The number of benzene rings is 1. The molecule has 11 nitrogen and oxygen atoms in total. The number of aliphatic hydroxyl groups is 1. The molecule has 1 aromatic carbocycles. The van der Waals surface area contributed by atoms with E-state index in [1.54, 1.807) is 6.07 Å². The molecule has 3 aromatic rings. The maximum Gasteiger partial charge on any atom is 0.266 e. The molecule has 1 aliphatic carbocycles. The summed E-state index contributed by atoms with van der Waals surface area (Å²) in [5.74, 6) is 1.00. The Balaban J connectivity index is 1.32. The van der Waals surface area contributed by atoms with E-state index in [0.717, 1.165) is 68.8 Å². The van der Waals surface area contributed by atoms with Crippen molar-refractivity contribution in [2.24, 2.45) is 5.41 Å². The summed E-state index contributed by atoms with van der Waals surface area (Å²) in [5.41, 5.74) is 3.94. The van der Waals surface area contributed by atoms with Crippen molar-refractivity contribution in [1.29, 1.82) is 0 Å². The van der Waals surface area contributed by atoms with Gasteiger partial charge in [-0.1, -0.05) is 0 Å². The number of nitrogens with zero attached hydrogens (tertiary/aromatic N) is 6. The number of sulfonamides is 1. The van der Waals surface area contributed by atoms with Crippen molar-refractivity contribution in [2.75, 3.05) is 53.1 Å². The van der Waals surface area contributed by atoms with Crippen LogP contribution in [0, 0.1) is 12.3 Å². The van der Waals surface area contributed by atoms with Crippen molar-refractivity contribution >= 4 is 27.3 Å². The van der Waals surface area contributed by atoms with Gasteiger partial charge in [-0.25, -0.2) is 18.4 Å². The Morgan fingerprint density at radius 3 is 2.41 bits per heavy atom. The molecule has 2 aromatic heterocycles. The Bertz CT molecular complexity index is 1440. The third kappa shape index (κ3) is 5.72. The highest BCUT2D eigenvalue weighted by Gasteiger charge is 2.44. The summed E-state index contributed by atoms with van der Waals surface area (Å²) in [4.78, 5) is 13.9. The molecule has 39 heavy (non-hydrogen) atoms. The largest absolute Gasteiger partial charge is 0.415 e. The SMILES string of the molecule is Cc1cc(-c2nnc(-c3ccc(NS(=O)(=O)CCO)cc3N3CCC4(CC3)CC4)o2)nc(N2CCCCC2)n1. The summed E-state index contributed by atoms with van der Waals surface area (Å²) in [6.45, 7) is 5.13. The molecule has 2 saturated heterocycles. The first-order valence-electron chi connectivity index (χ1n) is 13.8. The molecule has 4 heterocycles. The molecule has 0 unspecified atom stereocenters. The quantitative estimate of drug-likeness (QED) is 0.425. The number of hydrogen-bond donors (Lipinski definition) is 2. The zero-order valence-corrected chi connectivity index (χ0v) is 23.1. The van der Waals surface area contributed by atoms with E-state index >= 15 is 0 Å². The predicted molar refractivity (Wildman–Crippen MR) is 149 cm³/mol. The molecule has 3 fully saturated rings. The number of rotatable bonds is 8. The van der Waals surface area contributed by atoms with E-state index in [1.165, 1.54) is 19.3 Å². The van der Waals surface area contributed by atoms with Crippen LogP contribution in [0.1, 0.15) is 50.6 Å². The van der Waals surface area contributed by atoms with Gasteiger partial charge in [0.2, 0.25) is 21.9 Å². The van der Waals surface area contributed by atoms with Gasteiger partial charge in [0.25, 0.3) is 5.89 Å². The average Bonchev–Trinajstić information content (AvgIpc) is 3.49. The maximum atomic E-state index is 12.3. The molecule has 0 radical (unpaired) electrons. The molecule has 12 heteroatoms. The van der Waals surface area contributed by atoms with Gasteiger partial charge in [0, 0.05) is 31.9 Å². The third-order valence-corrected chi connectivity index (χ3v) is 9.38. The van der Waals surface area contributed by atoms with Crippen LogP contribution in [0.2, 0.25) is 0 Å². The molecule has 0 amide bonds. The van der Waals surface area contributed by atoms with Crippen molar-refractivity contribution in [3.05, 3.63) is 30.0 Å². The molecule has 2 N–H and O–H groups in total. The summed E-state index contributed by atoms with van der Waals surface area (Å²) in [6.07, 6.45) is 8.29. The van der Waals surface area contributed by atoms with E-state index in [9.17, 15) is 8.42 Å². The fourth-order valence-corrected chi connectivity index (χ4v) is 6.45. The van der Waals surface area contributed by atoms with E-state index < -0.39 is 16.6 Å². The Labute approximate surface area is 228 Å². The lowest BCUT2D eigenvalue weighted by Gasteiger charge is -2.35. The van der Waals surface area contributed by atoms with Crippen molar-refractivity contribution in [3.8, 4) is 23.0 Å². The molecule has 0 bridgehead atoms. The zero-order valence-electron chi connectivity index (χ0n) is 22.3. The van der Waals surface area contributed by atoms with Crippen LogP contribution in [0.4, 0.5) is 17.3 Å². The lowest BCUT2D eigenvalue weighted by molar-refractivity contribution is 0.320. The van der Waals surface area contributed by atoms with Gasteiger partial charge in [-0.2, -0.15) is 0 Å². The minimum atomic E-state index is -3.66. The van der Waals surface area contributed by atoms with Crippen LogP contribution in [0.5, 0.6) is 0 Å². The predicted octanol–water partition coefficient (Wildman–Crippen LogP) is 3.61. The second-order valence-electron chi connectivity index (χ2n) is 11.0. The van der Waals surface area contributed by atoms with E-state index in [2.05, 4.69) is 29.7 Å². The Hall–Kier alpha value is -3.25. The number of aromatic nitrogens is 4. The van der Waals surface area contributed by atoms with Gasteiger partial charge in [0.1, 0.15) is 5.69 Å². The van der Waals surface area contributed by atoms with Crippen molar-refractivity contribution < 1.29 is 17.9 Å². The van der Waals surface area contributed by atoms with Crippen LogP contribution in [-0.2, 0) is 10.0 Å². The summed E-state index contributed by atoms with van der Waals surface area (Å²) in [7, 11) is -3.66. The standard InChI is InChI=1S/C27H35N7O4S/c1-19-17-22(29-26(28-19)34-11-3-2-4-12-34)25-31-30-24(38-25)21-6-5-20(32-39(36,37)16-15-35)18-23(21)33-13-9-27(7-8-27)10-14-33/h5-6,17-18,32,35H,2-4,7-16H2,1H3. The van der Waals surface area contributed by atoms with E-state index in [0.29, 0.717) is 34.5 Å². The van der Waals surface area contributed by atoms with E-state index in [-0.39, 0.29) is 5.75 Å². The summed E-state index contributed by atoms with van der Waals surface area (Å²) in [6, 6.07) is 7.18. The number of hydrogen-bond acceptors (Lipinski definition) is 10. The lowest BCUT2D eigenvalue weighted by Crippen LogP contribution is -2.34. The lowest BCUT2D eigenvalue weighted by atomic mass is 9.93. The van der Waals surface area contributed by atoms with Crippen LogP contribution in [-0.4, -0.2) is 72.2 Å². The number of aryl methyl sites for hydroxylation is 1. The molecule has 6 rings (SSSR count). The maximum absolute atomic E-state index is 12.3. The van der Waals surface area contributed by atoms with Gasteiger partial charge in [0.05, 0.1) is 29.3 Å². The molecular weight excluding hydrogens is 518 g/mol. The monoisotopic (exact) mass is 553 g/mol. The molecule has 0 atom stereocenters. The van der Waals surface area contributed by atoms with Crippen LogP contribution >= 0.6 is 0 Å². The first kappa shape index (κ1) is 26.0. The second-order valence-corrected chi connectivity index (χ2v) is 12.9. The van der Waals surface area contributed by atoms with Crippen molar-refractivity contribution in [2.45, 2.75) is 51.9 Å². The Kier molecular flexibility index (Phi) is 6.92. The van der Waals surface area contributed by atoms with Gasteiger partial charge in [-0.15, -0.1) is 10.2 Å². The molecule has 2 aliphatic heterocycles. The van der Waals surface area contributed by atoms with Crippen LogP contribution in [0.15, 0.2) is 28.7 Å². The molecular formula is C27H35N7O4S. The molecule has 1 spiro atoms. The van der Waals surface area contributed by atoms with Crippen molar-refractivity contribution in [3.63, 3.8) is 0 Å². The van der Waals surface area contributed by atoms with Crippen LogP contribution in [0.3, 0.4) is 0 Å². The van der Waals surface area contributed by atoms with Gasteiger partial charge in [-0.3, -0.25) is 4.72 Å². The fourth-order valence-electron chi connectivity index (χ4n) is 5.62. The molecule has 3 aliphatic rings. The number of nitrogens with one attached hydrogen (secondary N) is 1. The highest BCUT2D eigenvalue weighted by molar-refractivity contribution is 7.92. The van der Waals surface area contributed by atoms with Crippen LogP contribution < -0.4 is 14.5 Å². The minimum Gasteiger partial charge on any atom is -0.415 e. The van der Waals surface area contributed by atoms with Crippen molar-refractivity contribution in [1.82, 2.24) is 20.2 Å². The molecule has 208 valence electrons. The number of piperidine rings is 2. The van der Waals surface area contributed by atoms with Crippen LogP contribution in [0.25, 0.3) is 23.0 Å². The summed E-state index contributed by atoms with van der Waals surface area (Å²) in [5, 5.41) is 17.8.